The Morgan fingerprint density at radius 2 is 2.16 bits per heavy atom. The van der Waals surface area contributed by atoms with Gasteiger partial charge in [0.15, 0.2) is 17.2 Å². The second-order valence-corrected chi connectivity index (χ2v) is 4.18. The molecule has 0 aliphatic heterocycles. The number of halogens is 1. The SMILES string of the molecule is CN(Cc1noc2ccccc12)c1ncncc1F. The zero-order chi connectivity index (χ0) is 13.2. The summed E-state index contributed by atoms with van der Waals surface area (Å²) in [5, 5.41) is 4.93. The summed E-state index contributed by atoms with van der Waals surface area (Å²) in [6, 6.07) is 7.56. The van der Waals surface area contributed by atoms with Crippen LogP contribution in [0, 0.1) is 5.82 Å². The minimum Gasteiger partial charge on any atom is -0.356 e. The first-order valence-corrected chi connectivity index (χ1v) is 5.75. The lowest BCUT2D eigenvalue weighted by molar-refractivity contribution is 0.445. The highest BCUT2D eigenvalue weighted by Gasteiger charge is 2.13. The van der Waals surface area contributed by atoms with Crippen LogP contribution < -0.4 is 4.90 Å². The van der Waals surface area contributed by atoms with E-state index in [1.54, 1.807) is 11.9 Å². The summed E-state index contributed by atoms with van der Waals surface area (Å²) in [5.74, 6) is -0.222. The Labute approximate surface area is 108 Å². The van der Waals surface area contributed by atoms with Crippen LogP contribution in [0.25, 0.3) is 11.0 Å². The molecule has 2 aromatic heterocycles. The Morgan fingerprint density at radius 1 is 1.32 bits per heavy atom. The standard InChI is InChI=1S/C13H11FN4O/c1-18(13-10(14)6-15-8-16-13)7-11-9-4-2-3-5-12(9)19-17-11/h2-6,8H,7H2,1H3. The smallest absolute Gasteiger partial charge is 0.183 e. The van der Waals surface area contributed by atoms with Crippen LogP contribution in [0.5, 0.6) is 0 Å². The average molecular weight is 258 g/mol. The number of anilines is 1. The van der Waals surface area contributed by atoms with E-state index in [2.05, 4.69) is 15.1 Å². The minimum absolute atomic E-state index is 0.238. The van der Waals surface area contributed by atoms with Crippen molar-refractivity contribution in [3.63, 3.8) is 0 Å². The molecule has 2 heterocycles. The lowest BCUT2D eigenvalue weighted by atomic mass is 10.2. The lowest BCUT2D eigenvalue weighted by Gasteiger charge is -2.16. The third kappa shape index (κ3) is 2.12. The normalized spacial score (nSPS) is 10.8. The minimum atomic E-state index is -0.460. The molecule has 0 fully saturated rings. The Balaban J connectivity index is 1.91. The molecule has 0 saturated heterocycles. The van der Waals surface area contributed by atoms with Crippen LogP contribution in [0.1, 0.15) is 5.69 Å². The molecule has 0 bridgehead atoms. The van der Waals surface area contributed by atoms with Crippen LogP contribution in [0.3, 0.4) is 0 Å². The van der Waals surface area contributed by atoms with Crippen molar-refractivity contribution in [3.05, 3.63) is 48.3 Å². The highest BCUT2D eigenvalue weighted by atomic mass is 19.1. The third-order valence-corrected chi connectivity index (χ3v) is 2.85. The summed E-state index contributed by atoms with van der Waals surface area (Å²) < 4.78 is 18.8. The fourth-order valence-electron chi connectivity index (χ4n) is 1.94. The van der Waals surface area contributed by atoms with Gasteiger partial charge in [-0.1, -0.05) is 17.3 Å². The zero-order valence-corrected chi connectivity index (χ0v) is 10.2. The first-order chi connectivity index (χ1) is 9.25. The van der Waals surface area contributed by atoms with E-state index in [9.17, 15) is 4.39 Å². The maximum Gasteiger partial charge on any atom is 0.183 e. The molecule has 0 N–H and O–H groups in total. The predicted molar refractivity (Wildman–Crippen MR) is 68.1 cm³/mol. The molecule has 3 aromatic rings. The average Bonchev–Trinajstić information content (AvgIpc) is 2.83. The van der Waals surface area contributed by atoms with Crippen molar-refractivity contribution >= 4 is 16.8 Å². The molecular formula is C13H11FN4O. The number of nitrogens with zero attached hydrogens (tertiary/aromatic N) is 4. The molecule has 0 unspecified atom stereocenters. The van der Waals surface area contributed by atoms with E-state index in [1.807, 2.05) is 24.3 Å². The van der Waals surface area contributed by atoms with Crippen LogP contribution in [0.4, 0.5) is 10.2 Å². The summed E-state index contributed by atoms with van der Waals surface area (Å²) in [6.45, 7) is 0.408. The summed E-state index contributed by atoms with van der Waals surface area (Å²) in [6.07, 6.45) is 2.45. The van der Waals surface area contributed by atoms with E-state index in [1.165, 1.54) is 6.33 Å². The number of para-hydroxylation sites is 1. The van der Waals surface area contributed by atoms with Gasteiger partial charge >= 0.3 is 0 Å². The number of benzene rings is 1. The van der Waals surface area contributed by atoms with Gasteiger partial charge in [-0.25, -0.2) is 14.4 Å². The summed E-state index contributed by atoms with van der Waals surface area (Å²) >= 11 is 0. The molecule has 0 amide bonds. The molecule has 3 rings (SSSR count). The maximum atomic E-state index is 13.6. The highest BCUT2D eigenvalue weighted by molar-refractivity contribution is 5.79. The number of hydrogen-bond acceptors (Lipinski definition) is 5. The van der Waals surface area contributed by atoms with E-state index < -0.39 is 5.82 Å². The van der Waals surface area contributed by atoms with E-state index >= 15 is 0 Å². The monoisotopic (exact) mass is 258 g/mol. The van der Waals surface area contributed by atoms with E-state index in [0.717, 1.165) is 17.3 Å². The van der Waals surface area contributed by atoms with Gasteiger partial charge < -0.3 is 9.42 Å². The quantitative estimate of drug-likeness (QED) is 0.722. The second-order valence-electron chi connectivity index (χ2n) is 4.18. The fraction of sp³-hybridized carbons (Fsp3) is 0.154. The van der Waals surface area contributed by atoms with Gasteiger partial charge in [-0.2, -0.15) is 0 Å². The van der Waals surface area contributed by atoms with Crippen molar-refractivity contribution in [2.75, 3.05) is 11.9 Å². The molecule has 0 aliphatic carbocycles. The van der Waals surface area contributed by atoms with Crippen LogP contribution in [-0.4, -0.2) is 22.2 Å². The Kier molecular flexibility index (Phi) is 2.83. The fourth-order valence-corrected chi connectivity index (χ4v) is 1.94. The molecule has 6 heteroatoms. The zero-order valence-electron chi connectivity index (χ0n) is 10.2. The molecular weight excluding hydrogens is 247 g/mol. The molecule has 0 aliphatic rings. The first-order valence-electron chi connectivity index (χ1n) is 5.75. The molecule has 19 heavy (non-hydrogen) atoms. The third-order valence-electron chi connectivity index (χ3n) is 2.85. The van der Waals surface area contributed by atoms with E-state index in [4.69, 9.17) is 4.52 Å². The number of fused-ring (bicyclic) bond motifs is 1. The molecule has 1 aromatic carbocycles. The van der Waals surface area contributed by atoms with Crippen molar-refractivity contribution in [1.29, 1.82) is 0 Å². The Bertz CT molecular complexity index is 712. The van der Waals surface area contributed by atoms with E-state index in [-0.39, 0.29) is 5.82 Å². The maximum absolute atomic E-state index is 13.6. The van der Waals surface area contributed by atoms with Gasteiger partial charge in [0.1, 0.15) is 12.0 Å². The van der Waals surface area contributed by atoms with Gasteiger partial charge in [0, 0.05) is 12.4 Å². The number of hydrogen-bond donors (Lipinski definition) is 0. The second kappa shape index (κ2) is 4.64. The summed E-state index contributed by atoms with van der Waals surface area (Å²) in [5.41, 5.74) is 1.46. The van der Waals surface area contributed by atoms with Gasteiger partial charge in [-0.05, 0) is 12.1 Å². The lowest BCUT2D eigenvalue weighted by Crippen LogP contribution is -2.19. The Hall–Kier alpha value is -2.50. The van der Waals surface area contributed by atoms with Crippen LogP contribution >= 0.6 is 0 Å². The van der Waals surface area contributed by atoms with Crippen LogP contribution in [-0.2, 0) is 6.54 Å². The molecule has 5 nitrogen and oxygen atoms in total. The Morgan fingerprint density at radius 3 is 3.00 bits per heavy atom. The molecule has 0 saturated carbocycles. The molecule has 0 atom stereocenters. The summed E-state index contributed by atoms with van der Waals surface area (Å²) in [7, 11) is 1.74. The van der Waals surface area contributed by atoms with Gasteiger partial charge in [0.25, 0.3) is 0 Å². The largest absolute Gasteiger partial charge is 0.356 e. The van der Waals surface area contributed by atoms with Crippen molar-refractivity contribution in [1.82, 2.24) is 15.1 Å². The van der Waals surface area contributed by atoms with Crippen molar-refractivity contribution < 1.29 is 8.91 Å². The van der Waals surface area contributed by atoms with Gasteiger partial charge in [0.05, 0.1) is 12.7 Å². The van der Waals surface area contributed by atoms with E-state index in [0.29, 0.717) is 12.1 Å². The van der Waals surface area contributed by atoms with Crippen LogP contribution in [0.15, 0.2) is 41.3 Å². The predicted octanol–water partition coefficient (Wildman–Crippen LogP) is 2.39. The number of rotatable bonds is 3. The molecule has 0 spiro atoms. The summed E-state index contributed by atoms with van der Waals surface area (Å²) in [4.78, 5) is 9.22. The molecule has 0 radical (unpaired) electrons. The highest BCUT2D eigenvalue weighted by Crippen LogP contribution is 2.21. The molecule has 96 valence electrons. The first kappa shape index (κ1) is 11.6. The van der Waals surface area contributed by atoms with Crippen molar-refractivity contribution in [2.24, 2.45) is 0 Å². The van der Waals surface area contributed by atoms with Crippen molar-refractivity contribution in [3.8, 4) is 0 Å². The number of aromatic nitrogens is 3. The topological polar surface area (TPSA) is 55.1 Å². The van der Waals surface area contributed by atoms with Gasteiger partial charge in [-0.3, -0.25) is 0 Å². The van der Waals surface area contributed by atoms with Gasteiger partial charge in [0.2, 0.25) is 0 Å². The van der Waals surface area contributed by atoms with Gasteiger partial charge in [-0.15, -0.1) is 0 Å². The van der Waals surface area contributed by atoms with Crippen molar-refractivity contribution in [2.45, 2.75) is 6.54 Å². The van der Waals surface area contributed by atoms with Crippen LogP contribution in [0.2, 0.25) is 0 Å².